The number of hydrogen-bond acceptors (Lipinski definition) is 4. The summed E-state index contributed by atoms with van der Waals surface area (Å²) < 4.78 is 12.5. The molecule has 0 saturated heterocycles. The molecule has 0 spiro atoms. The Morgan fingerprint density at radius 2 is 2.15 bits per heavy atom. The maximum absolute atomic E-state index is 9.37. The average molecular weight is 297 g/mol. The van der Waals surface area contributed by atoms with E-state index in [9.17, 15) is 5.11 Å². The lowest BCUT2D eigenvalue weighted by Crippen LogP contribution is -2.05. The number of hydrogen-bond donors (Lipinski definition) is 1. The van der Waals surface area contributed by atoms with Gasteiger partial charge in [0.1, 0.15) is 18.1 Å². The minimum Gasteiger partial charge on any atom is -0.497 e. The predicted octanol–water partition coefficient (Wildman–Crippen LogP) is 2.46. The predicted molar refractivity (Wildman–Crippen MR) is 76.2 cm³/mol. The van der Waals surface area contributed by atoms with Crippen LogP contribution in [0.1, 0.15) is 17.0 Å². The molecule has 1 aromatic heterocycles. The Labute approximate surface area is 122 Å². The zero-order chi connectivity index (χ0) is 14.7. The monoisotopic (exact) mass is 296 g/mol. The highest BCUT2D eigenvalue weighted by Gasteiger charge is 2.13. The Morgan fingerprint density at radius 3 is 2.70 bits per heavy atom. The van der Waals surface area contributed by atoms with Crippen molar-refractivity contribution >= 4 is 11.6 Å². The highest BCUT2D eigenvalue weighted by Crippen LogP contribution is 2.26. The lowest BCUT2D eigenvalue weighted by atomic mass is 10.2. The first kappa shape index (κ1) is 14.7. The topological polar surface area (TPSA) is 56.5 Å². The number of aromatic nitrogens is 2. The third-order valence-corrected chi connectivity index (χ3v) is 3.56. The summed E-state index contributed by atoms with van der Waals surface area (Å²) in [6.45, 7) is 2.01. The van der Waals surface area contributed by atoms with Crippen molar-refractivity contribution in [2.24, 2.45) is 7.05 Å². The maximum atomic E-state index is 9.37. The van der Waals surface area contributed by atoms with Crippen molar-refractivity contribution in [3.8, 4) is 11.5 Å². The molecule has 0 unspecified atom stereocenters. The Balaban J connectivity index is 2.18. The van der Waals surface area contributed by atoms with E-state index in [0.717, 1.165) is 11.4 Å². The van der Waals surface area contributed by atoms with Gasteiger partial charge in [-0.15, -0.1) is 0 Å². The zero-order valence-corrected chi connectivity index (χ0v) is 12.4. The van der Waals surface area contributed by atoms with Crippen LogP contribution in [0.3, 0.4) is 0 Å². The Bertz CT molecular complexity index is 611. The highest BCUT2D eigenvalue weighted by molar-refractivity contribution is 6.31. The molecule has 0 radical (unpaired) electrons. The third-order valence-electron chi connectivity index (χ3n) is 3.06. The van der Waals surface area contributed by atoms with Crippen LogP contribution in [-0.2, 0) is 20.3 Å². The summed E-state index contributed by atoms with van der Waals surface area (Å²) in [6, 6.07) is 5.29. The van der Waals surface area contributed by atoms with Crippen molar-refractivity contribution in [1.82, 2.24) is 9.78 Å². The van der Waals surface area contributed by atoms with Gasteiger partial charge in [-0.3, -0.25) is 4.68 Å². The van der Waals surface area contributed by atoms with Crippen LogP contribution < -0.4 is 9.47 Å². The first-order chi connectivity index (χ1) is 9.56. The lowest BCUT2D eigenvalue weighted by molar-refractivity contribution is 0.254. The fourth-order valence-electron chi connectivity index (χ4n) is 1.93. The van der Waals surface area contributed by atoms with Crippen molar-refractivity contribution in [1.29, 1.82) is 0 Å². The van der Waals surface area contributed by atoms with Crippen LogP contribution in [0, 0.1) is 6.92 Å². The van der Waals surface area contributed by atoms with Gasteiger partial charge < -0.3 is 14.6 Å². The number of nitrogens with zero attached hydrogens (tertiary/aromatic N) is 2. The average Bonchev–Trinajstić information content (AvgIpc) is 2.70. The minimum atomic E-state index is -0.120. The van der Waals surface area contributed by atoms with Gasteiger partial charge >= 0.3 is 0 Å². The number of aliphatic hydroxyl groups excluding tert-OH is 1. The summed E-state index contributed by atoms with van der Waals surface area (Å²) in [7, 11) is 3.40. The van der Waals surface area contributed by atoms with Crippen LogP contribution >= 0.6 is 11.6 Å². The molecule has 2 rings (SSSR count). The summed E-state index contributed by atoms with van der Waals surface area (Å²) in [5, 5.41) is 14.2. The van der Waals surface area contributed by atoms with Crippen LogP contribution in [0.25, 0.3) is 0 Å². The molecule has 0 bridgehead atoms. The van der Waals surface area contributed by atoms with Crippen LogP contribution in [0.15, 0.2) is 18.2 Å². The van der Waals surface area contributed by atoms with Gasteiger partial charge in [-0.05, 0) is 25.1 Å². The molecule has 0 aliphatic rings. The number of benzene rings is 1. The van der Waals surface area contributed by atoms with Gasteiger partial charge in [0.05, 0.1) is 30.1 Å². The Morgan fingerprint density at radius 1 is 1.40 bits per heavy atom. The number of methoxy groups -OCH3 is 1. The number of halogens is 1. The molecule has 2 aromatic rings. The molecule has 6 heteroatoms. The van der Waals surface area contributed by atoms with E-state index in [2.05, 4.69) is 5.10 Å². The van der Waals surface area contributed by atoms with Gasteiger partial charge in [-0.1, -0.05) is 11.6 Å². The fraction of sp³-hybridized carbons (Fsp3) is 0.357. The van der Waals surface area contributed by atoms with Crippen LogP contribution in [0.5, 0.6) is 11.5 Å². The Kier molecular flexibility index (Phi) is 4.52. The molecular weight excluding hydrogens is 280 g/mol. The Hall–Kier alpha value is -1.72. The van der Waals surface area contributed by atoms with E-state index in [1.165, 1.54) is 0 Å². The fourth-order valence-corrected chi connectivity index (χ4v) is 2.14. The number of aliphatic hydroxyl groups is 1. The molecule has 0 aliphatic heterocycles. The van der Waals surface area contributed by atoms with Crippen molar-refractivity contribution in [3.05, 3.63) is 40.2 Å². The van der Waals surface area contributed by atoms with Gasteiger partial charge in [0.2, 0.25) is 0 Å². The standard InChI is InChI=1S/C14H17ClN2O3/c1-9-14(15)12(17(2)16-9)8-20-13-5-4-11(19-3)6-10(13)7-18/h4-6,18H,7-8H2,1-3H3. The van der Waals surface area contributed by atoms with E-state index in [-0.39, 0.29) is 13.2 Å². The zero-order valence-electron chi connectivity index (χ0n) is 11.7. The van der Waals surface area contributed by atoms with Gasteiger partial charge in [-0.2, -0.15) is 5.10 Å². The normalized spacial score (nSPS) is 10.7. The van der Waals surface area contributed by atoms with E-state index in [0.29, 0.717) is 22.1 Å². The van der Waals surface area contributed by atoms with E-state index >= 15 is 0 Å². The summed E-state index contributed by atoms with van der Waals surface area (Å²) >= 11 is 6.17. The molecule has 0 atom stereocenters. The maximum Gasteiger partial charge on any atom is 0.131 e. The largest absolute Gasteiger partial charge is 0.497 e. The minimum absolute atomic E-state index is 0.120. The summed E-state index contributed by atoms with van der Waals surface area (Å²) in [5.74, 6) is 1.28. The molecule has 108 valence electrons. The SMILES string of the molecule is COc1ccc(OCc2c(Cl)c(C)nn2C)c(CO)c1. The number of ether oxygens (including phenoxy) is 2. The summed E-state index contributed by atoms with van der Waals surface area (Å²) in [6.07, 6.45) is 0. The van der Waals surface area contributed by atoms with E-state index in [1.807, 2.05) is 14.0 Å². The second-order valence-corrected chi connectivity index (χ2v) is 4.77. The van der Waals surface area contributed by atoms with E-state index < -0.39 is 0 Å². The quantitative estimate of drug-likeness (QED) is 0.921. The van der Waals surface area contributed by atoms with Gasteiger partial charge in [0.15, 0.2) is 0 Å². The molecule has 5 nitrogen and oxygen atoms in total. The summed E-state index contributed by atoms with van der Waals surface area (Å²) in [5.41, 5.74) is 2.23. The molecule has 0 amide bonds. The van der Waals surface area contributed by atoms with Gasteiger partial charge in [0.25, 0.3) is 0 Å². The molecule has 1 aromatic carbocycles. The molecule has 0 aliphatic carbocycles. The van der Waals surface area contributed by atoms with Crippen LogP contribution in [0.4, 0.5) is 0 Å². The molecule has 1 N–H and O–H groups in total. The van der Waals surface area contributed by atoms with Crippen LogP contribution in [0.2, 0.25) is 5.02 Å². The molecular formula is C14H17ClN2O3. The molecule has 0 saturated carbocycles. The smallest absolute Gasteiger partial charge is 0.131 e. The lowest BCUT2D eigenvalue weighted by Gasteiger charge is -2.12. The van der Waals surface area contributed by atoms with Crippen molar-refractivity contribution in [2.75, 3.05) is 7.11 Å². The van der Waals surface area contributed by atoms with Gasteiger partial charge in [-0.25, -0.2) is 0 Å². The number of rotatable bonds is 5. The number of aryl methyl sites for hydroxylation is 2. The molecule has 0 fully saturated rings. The first-order valence-corrected chi connectivity index (χ1v) is 6.53. The van der Waals surface area contributed by atoms with Crippen molar-refractivity contribution < 1.29 is 14.6 Å². The second-order valence-electron chi connectivity index (χ2n) is 4.39. The highest BCUT2D eigenvalue weighted by atomic mass is 35.5. The molecule has 1 heterocycles. The van der Waals surface area contributed by atoms with Crippen LogP contribution in [-0.4, -0.2) is 22.0 Å². The van der Waals surface area contributed by atoms with Gasteiger partial charge in [0, 0.05) is 12.6 Å². The van der Waals surface area contributed by atoms with E-state index in [1.54, 1.807) is 30.0 Å². The second kappa shape index (κ2) is 6.15. The van der Waals surface area contributed by atoms with Crippen molar-refractivity contribution in [3.63, 3.8) is 0 Å². The molecule has 20 heavy (non-hydrogen) atoms. The van der Waals surface area contributed by atoms with E-state index in [4.69, 9.17) is 21.1 Å². The first-order valence-electron chi connectivity index (χ1n) is 6.15. The summed E-state index contributed by atoms with van der Waals surface area (Å²) in [4.78, 5) is 0. The van der Waals surface area contributed by atoms with Crippen molar-refractivity contribution in [2.45, 2.75) is 20.1 Å². The third kappa shape index (κ3) is 2.89.